The summed E-state index contributed by atoms with van der Waals surface area (Å²) < 4.78 is 5.02. The number of nitrogens with zero attached hydrogens (tertiary/aromatic N) is 1. The van der Waals surface area contributed by atoms with Gasteiger partial charge in [0.15, 0.2) is 0 Å². The van der Waals surface area contributed by atoms with Gasteiger partial charge in [-0.2, -0.15) is 5.26 Å². The van der Waals surface area contributed by atoms with Crippen molar-refractivity contribution >= 4 is 5.97 Å². The molecule has 0 aromatic carbocycles. The fourth-order valence-corrected chi connectivity index (χ4v) is 0.820. The van der Waals surface area contributed by atoms with E-state index in [0.717, 1.165) is 6.42 Å². The Morgan fingerprint density at radius 2 is 2.25 bits per heavy atom. The summed E-state index contributed by atoms with van der Waals surface area (Å²) in [6.07, 6.45) is 2.03. The first-order valence-corrected chi connectivity index (χ1v) is 4.31. The molecule has 12 heavy (non-hydrogen) atoms. The first-order chi connectivity index (χ1) is 5.74. The predicted octanol–water partition coefficient (Wildman–Crippen LogP) is 2.02. The third kappa shape index (κ3) is 4.73. The van der Waals surface area contributed by atoms with Crippen molar-refractivity contribution in [2.75, 3.05) is 0 Å². The minimum absolute atomic E-state index is 0.195. The van der Waals surface area contributed by atoms with Gasteiger partial charge in [-0.3, -0.25) is 4.79 Å². The van der Waals surface area contributed by atoms with Gasteiger partial charge in [-0.25, -0.2) is 0 Å². The van der Waals surface area contributed by atoms with Crippen LogP contribution in [0.25, 0.3) is 0 Å². The summed E-state index contributed by atoms with van der Waals surface area (Å²) in [6, 6.07) is 1.99. The van der Waals surface area contributed by atoms with E-state index in [-0.39, 0.29) is 12.1 Å². The zero-order chi connectivity index (χ0) is 9.40. The van der Waals surface area contributed by atoms with E-state index in [1.807, 2.05) is 19.9 Å². The summed E-state index contributed by atoms with van der Waals surface area (Å²) in [4.78, 5) is 11.0. The summed E-state index contributed by atoms with van der Waals surface area (Å²) in [7, 11) is 0. The Kier molecular flexibility index (Phi) is 6.08. The summed E-state index contributed by atoms with van der Waals surface area (Å²) >= 11 is 0. The molecule has 0 saturated carbocycles. The molecule has 0 heterocycles. The van der Waals surface area contributed by atoms with E-state index in [1.165, 1.54) is 0 Å². The highest BCUT2D eigenvalue weighted by Crippen LogP contribution is 2.04. The fraction of sp³-hybridized carbons (Fsp3) is 0.778. The number of nitriles is 1. The highest BCUT2D eigenvalue weighted by molar-refractivity contribution is 5.69. The lowest BCUT2D eigenvalue weighted by Gasteiger charge is -2.11. The Bertz CT molecular complexity index is 172. The second-order valence-electron chi connectivity index (χ2n) is 2.63. The maximum atomic E-state index is 11.0. The molecule has 1 atom stereocenters. The van der Waals surface area contributed by atoms with Crippen molar-refractivity contribution < 1.29 is 9.53 Å². The van der Waals surface area contributed by atoms with Crippen LogP contribution in [0.15, 0.2) is 0 Å². The van der Waals surface area contributed by atoms with E-state index in [9.17, 15) is 4.79 Å². The van der Waals surface area contributed by atoms with Crippen LogP contribution in [0.4, 0.5) is 0 Å². The first kappa shape index (κ1) is 11.0. The van der Waals surface area contributed by atoms with Crippen LogP contribution >= 0.6 is 0 Å². The maximum absolute atomic E-state index is 11.0. The van der Waals surface area contributed by atoms with Crippen molar-refractivity contribution in [1.29, 1.82) is 5.26 Å². The van der Waals surface area contributed by atoms with Gasteiger partial charge in [0.1, 0.15) is 6.10 Å². The molecule has 0 rings (SSSR count). The number of ether oxygens (including phenoxy) is 1. The predicted molar refractivity (Wildman–Crippen MR) is 45.3 cm³/mol. The Morgan fingerprint density at radius 3 is 2.67 bits per heavy atom. The van der Waals surface area contributed by atoms with E-state index in [1.54, 1.807) is 0 Å². The third-order valence-electron chi connectivity index (χ3n) is 1.53. The molecule has 0 radical (unpaired) electrons. The van der Waals surface area contributed by atoms with Gasteiger partial charge in [-0.15, -0.1) is 0 Å². The van der Waals surface area contributed by atoms with Crippen molar-refractivity contribution in [2.45, 2.75) is 45.6 Å². The van der Waals surface area contributed by atoms with Crippen molar-refractivity contribution in [3.05, 3.63) is 0 Å². The first-order valence-electron chi connectivity index (χ1n) is 4.31. The standard InChI is InChI=1S/C9H15NO2/c1-3-5-9(11)12-8(4-2)6-7-10/h8H,3-6H2,1-2H3. The zero-order valence-electron chi connectivity index (χ0n) is 7.67. The van der Waals surface area contributed by atoms with Crippen molar-refractivity contribution in [1.82, 2.24) is 0 Å². The zero-order valence-corrected chi connectivity index (χ0v) is 7.67. The molecule has 1 unspecified atom stereocenters. The lowest BCUT2D eigenvalue weighted by Crippen LogP contribution is -2.16. The molecule has 0 fully saturated rings. The van der Waals surface area contributed by atoms with Gasteiger partial charge in [-0.1, -0.05) is 13.8 Å². The van der Waals surface area contributed by atoms with E-state index in [2.05, 4.69) is 0 Å². The van der Waals surface area contributed by atoms with Crippen molar-refractivity contribution in [3.63, 3.8) is 0 Å². The summed E-state index contributed by atoms with van der Waals surface area (Å²) in [5, 5.41) is 8.37. The van der Waals surface area contributed by atoms with Gasteiger partial charge in [0.05, 0.1) is 12.5 Å². The molecule has 68 valence electrons. The van der Waals surface area contributed by atoms with Crippen LogP contribution in [0.3, 0.4) is 0 Å². The van der Waals surface area contributed by atoms with E-state index in [4.69, 9.17) is 10.00 Å². The summed E-state index contributed by atoms with van der Waals surface area (Å²) in [6.45, 7) is 3.83. The SMILES string of the molecule is CCCC(=O)OC(CC)CC#N. The van der Waals surface area contributed by atoms with Gasteiger partial charge < -0.3 is 4.74 Å². The molecule has 0 saturated heterocycles. The topological polar surface area (TPSA) is 50.1 Å². The van der Waals surface area contributed by atoms with Gasteiger partial charge in [0.25, 0.3) is 0 Å². The number of hydrogen-bond donors (Lipinski definition) is 0. The summed E-state index contributed by atoms with van der Waals surface area (Å²) in [5.41, 5.74) is 0. The van der Waals surface area contributed by atoms with Crippen molar-refractivity contribution in [2.24, 2.45) is 0 Å². The lowest BCUT2D eigenvalue weighted by atomic mass is 10.2. The molecule has 0 aromatic heterocycles. The monoisotopic (exact) mass is 169 g/mol. The lowest BCUT2D eigenvalue weighted by molar-refractivity contribution is -0.149. The van der Waals surface area contributed by atoms with Gasteiger partial charge >= 0.3 is 5.97 Å². The molecular formula is C9H15NO2. The molecule has 0 aromatic rings. The smallest absolute Gasteiger partial charge is 0.306 e. The average Bonchev–Trinajstić information content (AvgIpc) is 2.04. The molecule has 0 bridgehead atoms. The Balaban J connectivity index is 3.70. The van der Waals surface area contributed by atoms with Crippen LogP contribution in [0.5, 0.6) is 0 Å². The number of hydrogen-bond acceptors (Lipinski definition) is 3. The number of carbonyl (C=O) groups excluding carboxylic acids is 1. The Labute approximate surface area is 73.3 Å². The van der Waals surface area contributed by atoms with Crippen LogP contribution in [0.2, 0.25) is 0 Å². The van der Waals surface area contributed by atoms with Gasteiger partial charge in [0.2, 0.25) is 0 Å². The highest BCUT2D eigenvalue weighted by atomic mass is 16.5. The minimum atomic E-state index is -0.214. The number of rotatable bonds is 5. The molecule has 3 nitrogen and oxygen atoms in total. The van der Waals surface area contributed by atoms with Gasteiger partial charge in [-0.05, 0) is 12.8 Å². The second-order valence-corrected chi connectivity index (χ2v) is 2.63. The summed E-state index contributed by atoms with van der Waals surface area (Å²) in [5.74, 6) is -0.195. The van der Waals surface area contributed by atoms with E-state index < -0.39 is 0 Å². The molecular weight excluding hydrogens is 154 g/mol. The van der Waals surface area contributed by atoms with Crippen LogP contribution in [0, 0.1) is 11.3 Å². The third-order valence-corrected chi connectivity index (χ3v) is 1.53. The van der Waals surface area contributed by atoms with E-state index >= 15 is 0 Å². The molecule has 0 amide bonds. The van der Waals surface area contributed by atoms with Crippen LogP contribution in [0.1, 0.15) is 39.5 Å². The molecule has 0 spiro atoms. The minimum Gasteiger partial charge on any atom is -0.461 e. The molecule has 0 aliphatic rings. The van der Waals surface area contributed by atoms with Gasteiger partial charge in [0, 0.05) is 6.42 Å². The maximum Gasteiger partial charge on any atom is 0.306 e. The Hall–Kier alpha value is -1.04. The average molecular weight is 169 g/mol. The highest BCUT2D eigenvalue weighted by Gasteiger charge is 2.10. The number of esters is 1. The molecule has 0 aliphatic carbocycles. The quantitative estimate of drug-likeness (QED) is 0.591. The van der Waals surface area contributed by atoms with Crippen LogP contribution < -0.4 is 0 Å². The van der Waals surface area contributed by atoms with Crippen molar-refractivity contribution in [3.8, 4) is 6.07 Å². The second kappa shape index (κ2) is 6.66. The molecule has 0 aliphatic heterocycles. The van der Waals surface area contributed by atoms with E-state index in [0.29, 0.717) is 19.3 Å². The normalized spacial score (nSPS) is 11.8. The molecule has 0 N–H and O–H groups in total. The molecule has 3 heteroatoms. The Morgan fingerprint density at radius 1 is 1.58 bits per heavy atom. The largest absolute Gasteiger partial charge is 0.461 e. The van der Waals surface area contributed by atoms with Crippen LogP contribution in [-0.4, -0.2) is 12.1 Å². The fourth-order valence-electron chi connectivity index (χ4n) is 0.820. The number of carbonyl (C=O) groups is 1. The van der Waals surface area contributed by atoms with Crippen LogP contribution in [-0.2, 0) is 9.53 Å².